The van der Waals surface area contributed by atoms with Crippen LogP contribution < -0.4 is 0 Å². The molecule has 0 rings (SSSR count). The summed E-state index contributed by atoms with van der Waals surface area (Å²) in [5.74, 6) is 1.74. The first-order valence-corrected chi connectivity index (χ1v) is 5.72. The maximum absolute atomic E-state index is 11.7. The minimum absolute atomic E-state index is 1.74. The second kappa shape index (κ2) is 3.52. The monoisotopic (exact) mass is 280 g/mol. The van der Waals surface area contributed by atoms with Crippen molar-refractivity contribution in [2.75, 3.05) is 0 Å². The molecule has 0 bridgehead atoms. The van der Waals surface area contributed by atoms with Gasteiger partial charge in [0.25, 0.3) is 0 Å². The van der Waals surface area contributed by atoms with E-state index < -0.39 is 30.9 Å². The van der Waals surface area contributed by atoms with Gasteiger partial charge in [0, 0.05) is 0 Å². The fraction of sp³-hybridized carbons (Fsp3) is 0.667. The molecule has 0 saturated heterocycles. The molecule has 0 aliphatic carbocycles. The SMILES string of the molecule is C=S(=O)(OS(=O)(=O)C(F)(F)F)C(F)(F)F. The van der Waals surface area contributed by atoms with Crippen molar-refractivity contribution in [2.45, 2.75) is 11.0 Å². The van der Waals surface area contributed by atoms with Gasteiger partial charge in [0.05, 0.1) is 0 Å². The van der Waals surface area contributed by atoms with Gasteiger partial charge in [0.2, 0.25) is 0 Å². The summed E-state index contributed by atoms with van der Waals surface area (Å²) in [6, 6.07) is 0. The highest BCUT2D eigenvalue weighted by Crippen LogP contribution is 2.32. The van der Waals surface area contributed by atoms with Gasteiger partial charge in [-0.15, -0.1) is 0 Å². The molecule has 15 heavy (non-hydrogen) atoms. The first-order chi connectivity index (χ1) is 6.21. The van der Waals surface area contributed by atoms with Crippen molar-refractivity contribution in [3.05, 3.63) is 0 Å². The molecule has 0 aromatic rings. The van der Waals surface area contributed by atoms with Crippen LogP contribution in [0.15, 0.2) is 0 Å². The van der Waals surface area contributed by atoms with Gasteiger partial charge in [-0.2, -0.15) is 38.4 Å². The Bertz CT molecular complexity index is 382. The fourth-order valence-electron chi connectivity index (χ4n) is 0.222. The Morgan fingerprint density at radius 1 is 0.867 bits per heavy atom. The molecule has 0 amide bonds. The second-order valence-electron chi connectivity index (χ2n) is 2.03. The predicted octanol–water partition coefficient (Wildman–Crippen LogP) is 1.00. The van der Waals surface area contributed by atoms with Gasteiger partial charge in [-0.25, -0.2) is 4.21 Å². The summed E-state index contributed by atoms with van der Waals surface area (Å²) in [4.78, 5) is 0. The van der Waals surface area contributed by atoms with E-state index in [1.807, 2.05) is 0 Å². The van der Waals surface area contributed by atoms with E-state index in [-0.39, 0.29) is 0 Å². The highest BCUT2D eigenvalue weighted by Gasteiger charge is 2.53. The van der Waals surface area contributed by atoms with Crippen LogP contribution in [-0.4, -0.2) is 29.5 Å². The van der Waals surface area contributed by atoms with Crippen molar-refractivity contribution in [1.82, 2.24) is 0 Å². The number of hydrogen-bond donors (Lipinski definition) is 0. The third-order valence-corrected chi connectivity index (χ3v) is 3.70. The molecule has 0 aromatic heterocycles. The third kappa shape index (κ3) is 3.24. The molecule has 12 heteroatoms. The van der Waals surface area contributed by atoms with E-state index >= 15 is 0 Å². The van der Waals surface area contributed by atoms with Crippen molar-refractivity contribution in [1.29, 1.82) is 0 Å². The molecule has 0 radical (unpaired) electrons. The molecule has 92 valence electrons. The average molecular weight is 280 g/mol. The third-order valence-electron chi connectivity index (χ3n) is 0.836. The Morgan fingerprint density at radius 3 is 1.40 bits per heavy atom. The molecular weight excluding hydrogens is 278 g/mol. The Balaban J connectivity index is 5.28. The molecule has 1 atom stereocenters. The molecule has 0 aliphatic rings. The van der Waals surface area contributed by atoms with Gasteiger partial charge in [0.1, 0.15) is 0 Å². The molecule has 0 spiro atoms. The van der Waals surface area contributed by atoms with E-state index in [2.05, 4.69) is 3.63 Å². The summed E-state index contributed by atoms with van der Waals surface area (Å²) < 4.78 is 102. The van der Waals surface area contributed by atoms with E-state index in [9.17, 15) is 39.0 Å². The minimum atomic E-state index is -6.60. The summed E-state index contributed by atoms with van der Waals surface area (Å²) in [6.45, 7) is 0. The smallest absolute Gasteiger partial charge is 0.231 e. The lowest BCUT2D eigenvalue weighted by Gasteiger charge is -2.13. The lowest BCUT2D eigenvalue weighted by atomic mass is 11.6. The zero-order chi connectivity index (χ0) is 12.7. The van der Waals surface area contributed by atoms with E-state index in [0.29, 0.717) is 0 Å². The van der Waals surface area contributed by atoms with Crippen LogP contribution in [0.25, 0.3) is 0 Å². The number of hydrogen-bond acceptors (Lipinski definition) is 4. The molecule has 0 heterocycles. The number of rotatable bonds is 2. The quantitative estimate of drug-likeness (QED) is 0.430. The maximum atomic E-state index is 11.7. The van der Waals surface area contributed by atoms with E-state index in [1.54, 1.807) is 5.87 Å². The number of alkyl halides is 6. The van der Waals surface area contributed by atoms with Crippen molar-refractivity contribution in [3.63, 3.8) is 0 Å². The second-order valence-corrected chi connectivity index (χ2v) is 5.64. The average Bonchev–Trinajstić information content (AvgIpc) is 1.77. The van der Waals surface area contributed by atoms with Crippen LogP contribution in [0.1, 0.15) is 0 Å². The van der Waals surface area contributed by atoms with Crippen molar-refractivity contribution in [3.8, 4) is 0 Å². The predicted molar refractivity (Wildman–Crippen MR) is 37.4 cm³/mol. The zero-order valence-electron chi connectivity index (χ0n) is 6.42. The lowest BCUT2D eigenvalue weighted by Crippen LogP contribution is -2.34. The Kier molecular flexibility index (Phi) is 3.40. The Labute approximate surface area is 80.2 Å². The molecule has 0 aliphatic heterocycles. The Hall–Kier alpha value is -0.490. The normalized spacial score (nSPS) is 18.5. The van der Waals surface area contributed by atoms with E-state index in [4.69, 9.17) is 0 Å². The van der Waals surface area contributed by atoms with Crippen LogP contribution in [0.3, 0.4) is 0 Å². The largest absolute Gasteiger partial charge is 0.524 e. The van der Waals surface area contributed by atoms with E-state index in [1.165, 1.54) is 0 Å². The number of halogens is 6. The first-order valence-electron chi connectivity index (χ1n) is 2.66. The van der Waals surface area contributed by atoms with Crippen molar-refractivity contribution in [2.24, 2.45) is 0 Å². The van der Waals surface area contributed by atoms with E-state index in [0.717, 1.165) is 0 Å². The highest BCUT2D eigenvalue weighted by molar-refractivity contribution is 8.05. The summed E-state index contributed by atoms with van der Waals surface area (Å²) in [6.07, 6.45) is 0. The molecule has 0 saturated carbocycles. The van der Waals surface area contributed by atoms with Gasteiger partial charge >= 0.3 is 21.1 Å². The van der Waals surface area contributed by atoms with Gasteiger partial charge in [-0.1, -0.05) is 0 Å². The highest BCUT2D eigenvalue weighted by atomic mass is 32.3. The van der Waals surface area contributed by atoms with Crippen LogP contribution in [0, 0.1) is 0 Å². The van der Waals surface area contributed by atoms with Gasteiger partial charge in [0.15, 0.2) is 9.80 Å². The molecule has 4 nitrogen and oxygen atoms in total. The summed E-state index contributed by atoms with van der Waals surface area (Å²) >= 11 is 0. The van der Waals surface area contributed by atoms with Gasteiger partial charge < -0.3 is 0 Å². The lowest BCUT2D eigenvalue weighted by molar-refractivity contribution is -0.0554. The van der Waals surface area contributed by atoms with Gasteiger partial charge in [-0.3, -0.25) is 0 Å². The molecule has 1 unspecified atom stereocenters. The summed E-state index contributed by atoms with van der Waals surface area (Å²) in [5, 5.41) is 0. The van der Waals surface area contributed by atoms with Crippen LogP contribution in [0.4, 0.5) is 26.3 Å². The standard InChI is InChI=1S/C3H2F6O4S2/c1-14(10,2(4,5)6)13-15(11,12)3(7,8)9/h1H2. The summed E-state index contributed by atoms with van der Waals surface area (Å²) in [5.41, 5.74) is -11.9. The molecular formula is C3H2F6O4S2. The van der Waals surface area contributed by atoms with Crippen LogP contribution in [-0.2, 0) is 23.6 Å². The van der Waals surface area contributed by atoms with Gasteiger partial charge in [-0.05, 0) is 5.87 Å². The van der Waals surface area contributed by atoms with Crippen molar-refractivity contribution < 1.29 is 42.6 Å². The molecule has 0 N–H and O–H groups in total. The van der Waals surface area contributed by atoms with Crippen LogP contribution in [0.5, 0.6) is 0 Å². The van der Waals surface area contributed by atoms with Crippen molar-refractivity contribution >= 4 is 25.8 Å². The Morgan fingerprint density at radius 2 is 1.20 bits per heavy atom. The maximum Gasteiger partial charge on any atom is 0.524 e. The fourth-order valence-corrected chi connectivity index (χ4v) is 2.00. The topological polar surface area (TPSA) is 60.4 Å². The van der Waals surface area contributed by atoms with Crippen LogP contribution >= 0.6 is 0 Å². The summed E-state index contributed by atoms with van der Waals surface area (Å²) in [7, 11) is -12.4. The molecule has 0 aromatic carbocycles. The zero-order valence-corrected chi connectivity index (χ0v) is 8.06. The molecule has 0 fully saturated rings. The van der Waals surface area contributed by atoms with Crippen LogP contribution in [0.2, 0.25) is 0 Å². The first kappa shape index (κ1) is 14.5. The minimum Gasteiger partial charge on any atom is -0.231 e.